The van der Waals surface area contributed by atoms with Gasteiger partial charge in [0.05, 0.1) is 6.04 Å². The predicted molar refractivity (Wildman–Crippen MR) is 71.6 cm³/mol. The molecule has 0 saturated heterocycles. The van der Waals surface area contributed by atoms with Gasteiger partial charge >= 0.3 is 0 Å². The van der Waals surface area contributed by atoms with Crippen LogP contribution in [0.2, 0.25) is 0 Å². The Morgan fingerprint density at radius 2 is 1.56 bits per heavy atom. The molecule has 2 N–H and O–H groups in total. The molecule has 0 saturated carbocycles. The van der Waals surface area contributed by atoms with Gasteiger partial charge < -0.3 is 10.5 Å². The summed E-state index contributed by atoms with van der Waals surface area (Å²) in [6.07, 6.45) is 1.41. The minimum Gasteiger partial charge on any atom is -0.321 e. The lowest BCUT2D eigenvalue weighted by atomic mass is 10.1. The normalized spacial score (nSPS) is 10.1. The minimum absolute atomic E-state index is 0.368. The summed E-state index contributed by atoms with van der Waals surface area (Å²) in [6, 6.07) is 7.67. The molecule has 2 nitrogen and oxygen atoms in total. The molecule has 0 aliphatic heterocycles. The molecule has 16 heavy (non-hydrogen) atoms. The Morgan fingerprint density at radius 1 is 1.12 bits per heavy atom. The summed E-state index contributed by atoms with van der Waals surface area (Å²) in [4.78, 5) is 10.3. The van der Waals surface area contributed by atoms with E-state index in [4.69, 9.17) is 5.73 Å². The van der Waals surface area contributed by atoms with E-state index in [0.717, 1.165) is 11.8 Å². The SMILES string of the molecule is CC.CC.Cc1ccc(CC(N)C=O)cc1. The molecule has 0 heterocycles. The highest BCUT2D eigenvalue weighted by Crippen LogP contribution is 2.04. The molecule has 92 valence electrons. The third-order valence-electron chi connectivity index (χ3n) is 1.77. The molecule has 0 aliphatic carbocycles. The van der Waals surface area contributed by atoms with Crippen LogP contribution in [0.25, 0.3) is 0 Å². The molecular weight excluding hydrogens is 198 g/mol. The number of carbonyl (C=O) groups is 1. The Bertz CT molecular complexity index is 254. The summed E-state index contributed by atoms with van der Waals surface area (Å²) in [5, 5.41) is 0. The average Bonchev–Trinajstić information content (AvgIpc) is 2.37. The van der Waals surface area contributed by atoms with Gasteiger partial charge in [-0.1, -0.05) is 57.5 Å². The molecule has 1 aromatic rings. The van der Waals surface area contributed by atoms with Gasteiger partial charge in [-0.15, -0.1) is 0 Å². The van der Waals surface area contributed by atoms with Crippen molar-refractivity contribution in [2.45, 2.75) is 47.1 Å². The zero-order chi connectivity index (χ0) is 13.0. The van der Waals surface area contributed by atoms with Crippen molar-refractivity contribution in [3.8, 4) is 0 Å². The van der Waals surface area contributed by atoms with Crippen molar-refractivity contribution in [3.63, 3.8) is 0 Å². The highest BCUT2D eigenvalue weighted by Gasteiger charge is 2.00. The van der Waals surface area contributed by atoms with Crippen LogP contribution in [0.3, 0.4) is 0 Å². The first-order valence-electron chi connectivity index (χ1n) is 5.99. The molecule has 0 amide bonds. The lowest BCUT2D eigenvalue weighted by Crippen LogP contribution is -2.23. The van der Waals surface area contributed by atoms with Gasteiger partial charge in [-0.25, -0.2) is 0 Å². The number of rotatable bonds is 3. The Kier molecular flexibility index (Phi) is 12.9. The van der Waals surface area contributed by atoms with Crippen LogP contribution < -0.4 is 5.73 Å². The molecule has 1 unspecified atom stereocenters. The summed E-state index contributed by atoms with van der Waals surface area (Å²) >= 11 is 0. The maximum Gasteiger partial charge on any atom is 0.137 e. The molecule has 0 aromatic heterocycles. The van der Waals surface area contributed by atoms with E-state index in [1.54, 1.807) is 0 Å². The summed E-state index contributed by atoms with van der Waals surface area (Å²) in [5.41, 5.74) is 7.81. The minimum atomic E-state index is -0.368. The van der Waals surface area contributed by atoms with Crippen LogP contribution in [0.4, 0.5) is 0 Å². The summed E-state index contributed by atoms with van der Waals surface area (Å²) in [6.45, 7) is 10.0. The van der Waals surface area contributed by atoms with Gasteiger partial charge in [0, 0.05) is 0 Å². The third-order valence-corrected chi connectivity index (χ3v) is 1.77. The molecule has 2 heteroatoms. The quantitative estimate of drug-likeness (QED) is 0.800. The van der Waals surface area contributed by atoms with Crippen LogP contribution >= 0.6 is 0 Å². The van der Waals surface area contributed by atoms with Gasteiger partial charge in [-0.05, 0) is 18.9 Å². The van der Waals surface area contributed by atoms with E-state index in [0.29, 0.717) is 6.42 Å². The van der Waals surface area contributed by atoms with Crippen molar-refractivity contribution in [2.75, 3.05) is 0 Å². The second-order valence-electron chi connectivity index (χ2n) is 2.99. The average molecular weight is 223 g/mol. The van der Waals surface area contributed by atoms with E-state index in [1.165, 1.54) is 5.56 Å². The second kappa shape index (κ2) is 11.9. The Morgan fingerprint density at radius 3 is 1.94 bits per heavy atom. The van der Waals surface area contributed by atoms with Crippen LogP contribution in [-0.4, -0.2) is 12.3 Å². The van der Waals surface area contributed by atoms with Crippen molar-refractivity contribution < 1.29 is 4.79 Å². The number of hydrogen-bond acceptors (Lipinski definition) is 2. The summed E-state index contributed by atoms with van der Waals surface area (Å²) in [7, 11) is 0. The molecular formula is C14H25NO. The fraction of sp³-hybridized carbons (Fsp3) is 0.500. The molecule has 0 fully saturated rings. The highest BCUT2D eigenvalue weighted by atomic mass is 16.1. The highest BCUT2D eigenvalue weighted by molar-refractivity contribution is 5.57. The van der Waals surface area contributed by atoms with Gasteiger partial charge in [0.15, 0.2) is 0 Å². The molecule has 0 aliphatic rings. The Balaban J connectivity index is 0. The van der Waals surface area contributed by atoms with E-state index in [1.807, 2.05) is 58.9 Å². The van der Waals surface area contributed by atoms with E-state index in [9.17, 15) is 4.79 Å². The van der Waals surface area contributed by atoms with Crippen molar-refractivity contribution in [1.82, 2.24) is 0 Å². The molecule has 1 atom stereocenters. The van der Waals surface area contributed by atoms with Gasteiger partial charge in [0.2, 0.25) is 0 Å². The molecule has 0 bridgehead atoms. The third kappa shape index (κ3) is 8.18. The van der Waals surface area contributed by atoms with Crippen LogP contribution in [-0.2, 0) is 11.2 Å². The first-order valence-corrected chi connectivity index (χ1v) is 5.99. The molecule has 1 rings (SSSR count). The number of carbonyl (C=O) groups excluding carboxylic acids is 1. The number of benzene rings is 1. The number of aldehydes is 1. The van der Waals surface area contributed by atoms with Gasteiger partial charge in [0.1, 0.15) is 6.29 Å². The van der Waals surface area contributed by atoms with E-state index >= 15 is 0 Å². The first kappa shape index (κ1) is 17.3. The topological polar surface area (TPSA) is 43.1 Å². The smallest absolute Gasteiger partial charge is 0.137 e. The van der Waals surface area contributed by atoms with Crippen LogP contribution in [0.5, 0.6) is 0 Å². The van der Waals surface area contributed by atoms with Crippen molar-refractivity contribution >= 4 is 6.29 Å². The largest absolute Gasteiger partial charge is 0.321 e. The van der Waals surface area contributed by atoms with Crippen LogP contribution in [0, 0.1) is 6.92 Å². The second-order valence-corrected chi connectivity index (χ2v) is 2.99. The van der Waals surface area contributed by atoms with E-state index in [-0.39, 0.29) is 6.04 Å². The maximum atomic E-state index is 10.3. The van der Waals surface area contributed by atoms with Crippen molar-refractivity contribution in [3.05, 3.63) is 35.4 Å². The Hall–Kier alpha value is -1.15. The van der Waals surface area contributed by atoms with E-state index < -0.39 is 0 Å². The fourth-order valence-corrected chi connectivity index (χ4v) is 1.04. The van der Waals surface area contributed by atoms with Crippen molar-refractivity contribution in [1.29, 1.82) is 0 Å². The molecule has 1 aromatic carbocycles. The van der Waals surface area contributed by atoms with Crippen LogP contribution in [0.15, 0.2) is 24.3 Å². The summed E-state index contributed by atoms with van der Waals surface area (Å²) < 4.78 is 0. The predicted octanol–water partition coefficient (Wildman–Crippen LogP) is 3.12. The molecule has 0 spiro atoms. The van der Waals surface area contributed by atoms with Gasteiger partial charge in [-0.2, -0.15) is 0 Å². The zero-order valence-corrected chi connectivity index (χ0v) is 11.2. The Labute approximate surface area is 99.9 Å². The van der Waals surface area contributed by atoms with Gasteiger partial charge in [0.25, 0.3) is 0 Å². The zero-order valence-electron chi connectivity index (χ0n) is 11.2. The maximum absolute atomic E-state index is 10.3. The summed E-state index contributed by atoms with van der Waals surface area (Å²) in [5.74, 6) is 0. The monoisotopic (exact) mass is 223 g/mol. The number of aryl methyl sites for hydroxylation is 1. The lowest BCUT2D eigenvalue weighted by Gasteiger charge is -2.03. The van der Waals surface area contributed by atoms with Gasteiger partial charge in [-0.3, -0.25) is 0 Å². The number of hydrogen-bond donors (Lipinski definition) is 1. The molecule has 0 radical (unpaired) electrons. The first-order chi connectivity index (χ1) is 7.72. The van der Waals surface area contributed by atoms with Crippen molar-refractivity contribution in [2.24, 2.45) is 5.73 Å². The lowest BCUT2D eigenvalue weighted by molar-refractivity contribution is -0.108. The number of nitrogens with two attached hydrogens (primary N) is 1. The fourth-order valence-electron chi connectivity index (χ4n) is 1.04. The van der Waals surface area contributed by atoms with Crippen LogP contribution in [0.1, 0.15) is 38.8 Å². The standard InChI is InChI=1S/C10H13NO.2C2H6/c1-8-2-4-9(5-3-8)6-10(11)7-12;2*1-2/h2-5,7,10H,6,11H2,1H3;2*1-2H3. The van der Waals surface area contributed by atoms with E-state index in [2.05, 4.69) is 0 Å².